The van der Waals surface area contributed by atoms with Gasteiger partial charge in [-0.05, 0) is 29.7 Å². The molecule has 3 atom stereocenters. The standard InChI is InChI=1S/C18H15Cl2NO/c19-13-7-6-11-15(17(13)20)12-9-21-14(16(12)18(11)22)8-10-4-2-1-3-5-10/h1-7,12,14,16,21H,8-9H2. The van der Waals surface area contributed by atoms with Crippen LogP contribution in [0.5, 0.6) is 0 Å². The van der Waals surface area contributed by atoms with E-state index in [9.17, 15) is 4.79 Å². The fourth-order valence-corrected chi connectivity index (χ4v) is 4.32. The first-order valence-corrected chi connectivity index (χ1v) is 8.22. The number of carbonyl (C=O) groups is 1. The van der Waals surface area contributed by atoms with Gasteiger partial charge in [0.2, 0.25) is 0 Å². The van der Waals surface area contributed by atoms with Crippen molar-refractivity contribution in [1.29, 1.82) is 0 Å². The van der Waals surface area contributed by atoms with Crippen molar-refractivity contribution in [3.63, 3.8) is 0 Å². The van der Waals surface area contributed by atoms with E-state index < -0.39 is 0 Å². The summed E-state index contributed by atoms with van der Waals surface area (Å²) < 4.78 is 0. The molecule has 0 saturated carbocycles. The zero-order valence-electron chi connectivity index (χ0n) is 11.9. The monoisotopic (exact) mass is 331 g/mol. The van der Waals surface area contributed by atoms with E-state index >= 15 is 0 Å². The SMILES string of the molecule is O=C1c2ccc(Cl)c(Cl)c2C2CNC(Cc3ccccc3)C12. The first-order chi connectivity index (χ1) is 10.7. The quantitative estimate of drug-likeness (QED) is 0.897. The van der Waals surface area contributed by atoms with Crippen molar-refractivity contribution in [2.45, 2.75) is 18.4 Å². The Balaban J connectivity index is 1.68. The summed E-state index contributed by atoms with van der Waals surface area (Å²) in [6.45, 7) is 0.779. The molecule has 1 saturated heterocycles. The van der Waals surface area contributed by atoms with Gasteiger partial charge in [0.15, 0.2) is 5.78 Å². The molecule has 1 aliphatic heterocycles. The molecule has 0 bridgehead atoms. The number of hydrogen-bond donors (Lipinski definition) is 1. The van der Waals surface area contributed by atoms with E-state index in [1.165, 1.54) is 5.56 Å². The Morgan fingerprint density at radius 1 is 1.09 bits per heavy atom. The van der Waals surface area contributed by atoms with Crippen molar-refractivity contribution in [1.82, 2.24) is 5.32 Å². The molecule has 1 heterocycles. The van der Waals surface area contributed by atoms with Gasteiger partial charge in [0.05, 0.1) is 10.0 Å². The number of halogens is 2. The van der Waals surface area contributed by atoms with Gasteiger partial charge >= 0.3 is 0 Å². The van der Waals surface area contributed by atoms with Crippen LogP contribution in [0.2, 0.25) is 10.0 Å². The normalized spacial score (nSPS) is 26.1. The molecule has 3 unspecified atom stereocenters. The van der Waals surface area contributed by atoms with Crippen LogP contribution >= 0.6 is 23.2 Å². The molecule has 0 spiro atoms. The lowest BCUT2D eigenvalue weighted by Crippen LogP contribution is -2.32. The molecule has 2 aromatic rings. The van der Waals surface area contributed by atoms with Crippen LogP contribution in [-0.4, -0.2) is 18.4 Å². The lowest BCUT2D eigenvalue weighted by atomic mass is 9.88. The van der Waals surface area contributed by atoms with E-state index in [1.807, 2.05) is 24.3 Å². The molecule has 0 amide bonds. The third-order valence-corrected chi connectivity index (χ3v) is 5.66. The highest BCUT2D eigenvalue weighted by molar-refractivity contribution is 6.43. The topological polar surface area (TPSA) is 29.1 Å². The highest BCUT2D eigenvalue weighted by atomic mass is 35.5. The molecule has 0 aromatic heterocycles. The number of fused-ring (bicyclic) bond motifs is 3. The number of ketones is 1. The summed E-state index contributed by atoms with van der Waals surface area (Å²) in [5.41, 5.74) is 2.93. The largest absolute Gasteiger partial charge is 0.312 e. The van der Waals surface area contributed by atoms with E-state index in [0.717, 1.165) is 24.1 Å². The predicted molar refractivity (Wildman–Crippen MR) is 89.0 cm³/mol. The molecule has 4 rings (SSSR count). The van der Waals surface area contributed by atoms with Gasteiger partial charge in [-0.3, -0.25) is 4.79 Å². The average molecular weight is 332 g/mol. The van der Waals surface area contributed by atoms with E-state index in [4.69, 9.17) is 23.2 Å². The van der Waals surface area contributed by atoms with Gasteiger partial charge in [0.25, 0.3) is 0 Å². The number of carbonyl (C=O) groups excluding carboxylic acids is 1. The van der Waals surface area contributed by atoms with Crippen LogP contribution in [-0.2, 0) is 6.42 Å². The van der Waals surface area contributed by atoms with Gasteiger partial charge in [-0.25, -0.2) is 0 Å². The Bertz CT molecular complexity index is 744. The van der Waals surface area contributed by atoms with Gasteiger partial charge in [0, 0.05) is 30.0 Å². The van der Waals surface area contributed by atoms with Crippen LogP contribution in [0, 0.1) is 5.92 Å². The third kappa shape index (κ3) is 2.10. The summed E-state index contributed by atoms with van der Waals surface area (Å²) in [6, 6.07) is 14.0. The minimum absolute atomic E-state index is 0.0360. The smallest absolute Gasteiger partial charge is 0.168 e. The average Bonchev–Trinajstić information content (AvgIpc) is 3.05. The number of Topliss-reactive ketones (excluding diaryl/α,β-unsaturated/α-hetero) is 1. The van der Waals surface area contributed by atoms with E-state index in [2.05, 4.69) is 17.4 Å². The highest BCUT2D eigenvalue weighted by Crippen LogP contribution is 2.48. The zero-order valence-corrected chi connectivity index (χ0v) is 13.4. The van der Waals surface area contributed by atoms with E-state index in [1.54, 1.807) is 6.07 Å². The van der Waals surface area contributed by atoms with Crippen LogP contribution < -0.4 is 5.32 Å². The minimum Gasteiger partial charge on any atom is -0.312 e. The first kappa shape index (κ1) is 14.3. The predicted octanol–water partition coefficient (Wildman–Crippen LogP) is 4.10. The maximum absolute atomic E-state index is 12.8. The van der Waals surface area contributed by atoms with Gasteiger partial charge in [-0.2, -0.15) is 0 Å². The van der Waals surface area contributed by atoms with Crippen molar-refractivity contribution < 1.29 is 4.79 Å². The van der Waals surface area contributed by atoms with Crippen molar-refractivity contribution in [2.24, 2.45) is 5.92 Å². The Hall–Kier alpha value is -1.35. The van der Waals surface area contributed by atoms with Crippen molar-refractivity contribution in [3.05, 3.63) is 69.2 Å². The molecular formula is C18H15Cl2NO. The molecule has 1 fully saturated rings. The Kier molecular flexibility index (Phi) is 3.48. The lowest BCUT2D eigenvalue weighted by Gasteiger charge is -2.17. The fraction of sp³-hybridized carbons (Fsp3) is 0.278. The maximum atomic E-state index is 12.8. The molecule has 22 heavy (non-hydrogen) atoms. The molecular weight excluding hydrogens is 317 g/mol. The van der Waals surface area contributed by atoms with Crippen LogP contribution in [0.1, 0.15) is 27.4 Å². The minimum atomic E-state index is -0.0360. The Morgan fingerprint density at radius 2 is 1.86 bits per heavy atom. The molecule has 2 aliphatic rings. The van der Waals surface area contributed by atoms with Crippen LogP contribution in [0.25, 0.3) is 0 Å². The van der Waals surface area contributed by atoms with E-state index in [-0.39, 0.29) is 23.7 Å². The number of hydrogen-bond acceptors (Lipinski definition) is 2. The van der Waals surface area contributed by atoms with Crippen LogP contribution in [0.4, 0.5) is 0 Å². The molecule has 4 heteroatoms. The highest BCUT2D eigenvalue weighted by Gasteiger charge is 2.49. The summed E-state index contributed by atoms with van der Waals surface area (Å²) in [7, 11) is 0. The van der Waals surface area contributed by atoms with Gasteiger partial charge in [-0.15, -0.1) is 0 Å². The molecule has 112 valence electrons. The summed E-state index contributed by atoms with van der Waals surface area (Å²) in [6.07, 6.45) is 0.854. The molecule has 0 radical (unpaired) electrons. The summed E-state index contributed by atoms with van der Waals surface area (Å²) >= 11 is 12.5. The second kappa shape index (κ2) is 5.38. The Labute approximate surface area is 139 Å². The van der Waals surface area contributed by atoms with Gasteiger partial charge in [0.1, 0.15) is 0 Å². The summed E-state index contributed by atoms with van der Waals surface area (Å²) in [4.78, 5) is 12.8. The van der Waals surface area contributed by atoms with E-state index in [0.29, 0.717) is 10.0 Å². The second-order valence-electron chi connectivity index (χ2n) is 6.02. The van der Waals surface area contributed by atoms with Crippen molar-refractivity contribution in [2.75, 3.05) is 6.54 Å². The maximum Gasteiger partial charge on any atom is 0.168 e. The fourth-order valence-electron chi connectivity index (χ4n) is 3.85. The molecule has 1 aliphatic carbocycles. The summed E-state index contributed by atoms with van der Waals surface area (Å²) in [5.74, 6) is 0.304. The second-order valence-corrected chi connectivity index (χ2v) is 6.81. The van der Waals surface area contributed by atoms with Crippen LogP contribution in [0.15, 0.2) is 42.5 Å². The number of benzene rings is 2. The summed E-state index contributed by atoms with van der Waals surface area (Å²) in [5, 5.41) is 4.57. The number of rotatable bonds is 2. The zero-order chi connectivity index (χ0) is 15.3. The van der Waals surface area contributed by atoms with Gasteiger partial charge in [-0.1, -0.05) is 53.5 Å². The van der Waals surface area contributed by atoms with Crippen molar-refractivity contribution in [3.8, 4) is 0 Å². The van der Waals surface area contributed by atoms with Gasteiger partial charge < -0.3 is 5.32 Å². The molecule has 2 aromatic carbocycles. The first-order valence-electron chi connectivity index (χ1n) is 7.46. The Morgan fingerprint density at radius 3 is 2.64 bits per heavy atom. The lowest BCUT2D eigenvalue weighted by molar-refractivity contribution is 0.0920. The number of nitrogens with one attached hydrogen (secondary N) is 1. The van der Waals surface area contributed by atoms with Crippen molar-refractivity contribution >= 4 is 29.0 Å². The third-order valence-electron chi connectivity index (χ3n) is 4.84. The molecule has 2 nitrogen and oxygen atoms in total. The molecule has 1 N–H and O–H groups in total. The van der Waals surface area contributed by atoms with Crippen LogP contribution in [0.3, 0.4) is 0 Å².